The van der Waals surface area contributed by atoms with E-state index in [0.717, 1.165) is 48.7 Å². The monoisotopic (exact) mass is 929 g/mol. The molecule has 0 aliphatic carbocycles. The zero-order valence-corrected chi connectivity index (χ0v) is 51.3. The van der Waals surface area contributed by atoms with Crippen LogP contribution in [0.1, 0.15) is 264 Å². The smallest absolute Gasteiger partial charge is 0.0647 e. The minimum atomic E-state index is 0.450. The summed E-state index contributed by atoms with van der Waals surface area (Å²) in [5, 5.41) is 0. The van der Waals surface area contributed by atoms with Crippen LogP contribution in [-0.4, -0.2) is 13.2 Å². The van der Waals surface area contributed by atoms with Gasteiger partial charge in [0.1, 0.15) is 0 Å². The van der Waals surface area contributed by atoms with Gasteiger partial charge in [-0.15, -0.1) is 0 Å². The van der Waals surface area contributed by atoms with Crippen molar-refractivity contribution in [2.45, 2.75) is 264 Å². The lowest BCUT2D eigenvalue weighted by atomic mass is 9.77. The molecule has 0 aromatic carbocycles. The number of hydrogen-bond donors (Lipinski definition) is 0. The van der Waals surface area contributed by atoms with Crippen molar-refractivity contribution in [1.29, 1.82) is 0 Å². The molecule has 0 aliphatic heterocycles. The van der Waals surface area contributed by atoms with E-state index in [1.54, 1.807) is 0 Å². The number of ether oxygens (including phenoxy) is 1. The average molecular weight is 930 g/mol. The molecule has 0 saturated carbocycles. The molecule has 0 amide bonds. The molecule has 0 aromatic rings. The average Bonchev–Trinajstić information content (AvgIpc) is 3.15. The van der Waals surface area contributed by atoms with Crippen molar-refractivity contribution in [3.05, 3.63) is 60.8 Å². The number of hydrogen-bond acceptors (Lipinski definition) is 1. The summed E-state index contributed by atoms with van der Waals surface area (Å²) in [7, 11) is 0. The second kappa shape index (κ2) is 50.1. The molecule has 0 unspecified atom stereocenters. The number of unbranched alkanes of at least 4 members (excludes halogenated alkanes) is 1. The fraction of sp³-hybridized carbons (Fsp3) is 0.846. The van der Waals surface area contributed by atoms with E-state index in [1.165, 1.54) is 70.6 Å². The van der Waals surface area contributed by atoms with E-state index in [9.17, 15) is 0 Å². The van der Waals surface area contributed by atoms with Crippen molar-refractivity contribution >= 4 is 0 Å². The molecule has 0 spiro atoms. The Labute approximate surface area is 423 Å². The van der Waals surface area contributed by atoms with Crippen LogP contribution >= 0.6 is 0 Å². The Balaban J connectivity index is -0.000000164. The fourth-order valence-electron chi connectivity index (χ4n) is 5.44. The highest BCUT2D eigenvalue weighted by Gasteiger charge is 2.21. The van der Waals surface area contributed by atoms with Crippen molar-refractivity contribution in [2.24, 2.45) is 81.8 Å². The summed E-state index contributed by atoms with van der Waals surface area (Å²) in [5.74, 6) is 9.10. The van der Waals surface area contributed by atoms with E-state index in [0.29, 0.717) is 46.3 Å². The van der Waals surface area contributed by atoms with Gasteiger partial charge in [-0.1, -0.05) is 274 Å². The van der Waals surface area contributed by atoms with Gasteiger partial charge in [0.15, 0.2) is 0 Å². The topological polar surface area (TPSA) is 9.23 Å². The minimum Gasteiger partial charge on any atom is -0.377 e. The van der Waals surface area contributed by atoms with Gasteiger partial charge in [0.25, 0.3) is 0 Å². The second-order valence-electron chi connectivity index (χ2n) is 25.3. The number of rotatable bonds is 27. The largest absolute Gasteiger partial charge is 0.377 e. The Bertz CT molecular complexity index is 1020. The van der Waals surface area contributed by atoms with Crippen molar-refractivity contribution in [1.82, 2.24) is 0 Å². The summed E-state index contributed by atoms with van der Waals surface area (Å²) in [5.41, 5.74) is 0.986. The molecule has 0 radical (unpaired) electrons. The maximum Gasteiger partial charge on any atom is 0.0647 e. The lowest BCUT2D eigenvalue weighted by Gasteiger charge is -2.29. The van der Waals surface area contributed by atoms with Crippen LogP contribution in [0.4, 0.5) is 0 Å². The van der Waals surface area contributed by atoms with Crippen molar-refractivity contribution in [2.75, 3.05) is 13.2 Å². The third-order valence-corrected chi connectivity index (χ3v) is 11.6. The predicted molar refractivity (Wildman–Crippen MR) is 313 cm³/mol. The zero-order chi connectivity index (χ0) is 52.9. The summed E-state index contributed by atoms with van der Waals surface area (Å²) in [6.07, 6.45) is 37.1. The Morgan fingerprint density at radius 2 is 0.652 bits per heavy atom. The van der Waals surface area contributed by atoms with E-state index in [2.05, 4.69) is 255 Å². The van der Waals surface area contributed by atoms with Crippen LogP contribution in [0, 0.1) is 81.8 Å². The van der Waals surface area contributed by atoms with Crippen LogP contribution < -0.4 is 0 Å². The fourth-order valence-corrected chi connectivity index (χ4v) is 5.44. The summed E-state index contributed by atoms with van der Waals surface area (Å²) in [6.45, 7) is 65.0. The van der Waals surface area contributed by atoms with Crippen LogP contribution in [-0.2, 0) is 4.74 Å². The second-order valence-corrected chi connectivity index (χ2v) is 25.3. The van der Waals surface area contributed by atoms with Crippen molar-refractivity contribution < 1.29 is 4.74 Å². The van der Waals surface area contributed by atoms with Gasteiger partial charge >= 0.3 is 0 Å². The molecule has 1 heteroatoms. The van der Waals surface area contributed by atoms with E-state index < -0.39 is 0 Å². The molecule has 0 bridgehead atoms. The molecule has 66 heavy (non-hydrogen) atoms. The third-order valence-electron chi connectivity index (χ3n) is 11.6. The Kier molecular flexibility index (Phi) is 57.8. The summed E-state index contributed by atoms with van der Waals surface area (Å²) < 4.78 is 5.36. The number of allylic oxidation sites excluding steroid dienone is 9. The SMILES string of the molecule is CC(C)/C=C/CC(C)(C)C(C)C.CC(C)/C=C/CCC(C)C.CC(C)/C=C/CCCC(C)C.CC(C)/C=C/COCC(C)C.CC(C)/C=C\CCC(C)C.CC(C)CCCC(C)(C)C(C)C. The van der Waals surface area contributed by atoms with Gasteiger partial charge in [0.05, 0.1) is 6.61 Å². The lowest BCUT2D eigenvalue weighted by molar-refractivity contribution is 0.134. The first kappa shape index (κ1) is 76.2. The standard InChI is InChI=1S/C12H26.C12H24.C11H22.C10H20O.2C10H20/c2*1-10(2)8-7-9-12(5,6)11(3)4;1-10(2)8-6-5-7-9-11(3)4;1-9(2)6-5-7-11-8-10(3)4;2*1-9(2)7-5-6-8-10(3)4/h10-11H,7-9H2,1-6H3;7-8,10-11H,9H2,1-6H3;6,8,10-11H,5,7,9H2,1-4H3;5-6,9-10H,7-8H2,1-4H3;2*5,7,9-10H,6,8H2,1-4H3/b;8-7+;8-6+;6-5+;7-5+;7-5-. The van der Waals surface area contributed by atoms with Gasteiger partial charge in [-0.3, -0.25) is 0 Å². The zero-order valence-electron chi connectivity index (χ0n) is 51.3. The lowest BCUT2D eigenvalue weighted by Crippen LogP contribution is -2.18. The molecule has 0 aromatic heterocycles. The predicted octanol–water partition coefficient (Wildman–Crippen LogP) is 22.9. The highest BCUT2D eigenvalue weighted by molar-refractivity contribution is 4.90. The maximum atomic E-state index is 5.36. The highest BCUT2D eigenvalue weighted by Crippen LogP contribution is 2.32. The van der Waals surface area contributed by atoms with Gasteiger partial charge in [0.2, 0.25) is 0 Å². The van der Waals surface area contributed by atoms with Gasteiger partial charge in [-0.05, 0) is 133 Å². The van der Waals surface area contributed by atoms with Crippen molar-refractivity contribution in [3.63, 3.8) is 0 Å². The maximum absolute atomic E-state index is 5.36. The molecular formula is C65H132O. The van der Waals surface area contributed by atoms with E-state index in [1.807, 2.05) is 0 Å². The van der Waals surface area contributed by atoms with E-state index in [4.69, 9.17) is 4.74 Å². The molecule has 0 fully saturated rings. The molecule has 1 nitrogen and oxygen atoms in total. The third kappa shape index (κ3) is 79.7. The first-order valence-corrected chi connectivity index (χ1v) is 28.1. The normalized spacial score (nSPS) is 12.6. The van der Waals surface area contributed by atoms with Crippen LogP contribution in [0.25, 0.3) is 0 Å². The molecule has 0 saturated heterocycles. The Morgan fingerprint density at radius 1 is 0.333 bits per heavy atom. The van der Waals surface area contributed by atoms with E-state index in [-0.39, 0.29) is 0 Å². The Hall–Kier alpha value is -1.34. The van der Waals surface area contributed by atoms with Gasteiger partial charge in [0, 0.05) is 6.61 Å². The van der Waals surface area contributed by atoms with Crippen LogP contribution in [0.5, 0.6) is 0 Å². The van der Waals surface area contributed by atoms with E-state index >= 15 is 0 Å². The van der Waals surface area contributed by atoms with Gasteiger partial charge in [-0.25, -0.2) is 0 Å². The summed E-state index contributed by atoms with van der Waals surface area (Å²) >= 11 is 0. The molecule has 0 N–H and O–H groups in total. The Morgan fingerprint density at radius 3 is 0.970 bits per heavy atom. The quantitative estimate of drug-likeness (QED) is 0.0589. The van der Waals surface area contributed by atoms with Crippen LogP contribution in [0.3, 0.4) is 0 Å². The van der Waals surface area contributed by atoms with Gasteiger partial charge < -0.3 is 4.74 Å². The minimum absolute atomic E-state index is 0.450. The molecule has 0 rings (SSSR count). The highest BCUT2D eigenvalue weighted by atomic mass is 16.5. The molecule has 0 aliphatic rings. The first-order chi connectivity index (χ1) is 30.2. The van der Waals surface area contributed by atoms with Crippen molar-refractivity contribution in [3.8, 4) is 0 Å². The summed E-state index contributed by atoms with van der Waals surface area (Å²) in [6, 6.07) is 0. The summed E-state index contributed by atoms with van der Waals surface area (Å²) in [4.78, 5) is 0. The van der Waals surface area contributed by atoms with Crippen LogP contribution in [0.15, 0.2) is 60.8 Å². The molecular weight excluding hydrogens is 797 g/mol. The molecule has 0 atom stereocenters. The van der Waals surface area contributed by atoms with Gasteiger partial charge in [-0.2, -0.15) is 0 Å². The molecule has 0 heterocycles. The first-order valence-electron chi connectivity index (χ1n) is 28.1. The molecule has 398 valence electrons. The van der Waals surface area contributed by atoms with Crippen LogP contribution in [0.2, 0.25) is 0 Å².